The largest absolute Gasteiger partial charge is 0.306 e. The summed E-state index contributed by atoms with van der Waals surface area (Å²) in [5.41, 5.74) is -0.214. The Morgan fingerprint density at radius 3 is 2.83 bits per heavy atom. The van der Waals surface area contributed by atoms with E-state index in [1.54, 1.807) is 0 Å². The van der Waals surface area contributed by atoms with Gasteiger partial charge in [-0.3, -0.25) is 14.9 Å². The van der Waals surface area contributed by atoms with Gasteiger partial charge in [0.15, 0.2) is 0 Å². The number of nitro benzene ring substituents is 1. The molecule has 0 radical (unpaired) electrons. The summed E-state index contributed by atoms with van der Waals surface area (Å²) in [5.74, 6) is -0.709. The molecule has 1 saturated heterocycles. The molecule has 0 aliphatic carbocycles. The van der Waals surface area contributed by atoms with Gasteiger partial charge in [-0.25, -0.2) is 4.39 Å². The number of carbonyl (C=O) groups excluding carboxylic acids is 1. The van der Waals surface area contributed by atoms with Gasteiger partial charge in [-0.1, -0.05) is 15.9 Å². The van der Waals surface area contributed by atoms with Crippen LogP contribution >= 0.6 is 15.9 Å². The highest BCUT2D eigenvalue weighted by molar-refractivity contribution is 9.09. The minimum Gasteiger partial charge on any atom is -0.306 e. The Bertz CT molecular complexity index is 509. The third-order valence-electron chi connectivity index (χ3n) is 2.85. The summed E-state index contributed by atoms with van der Waals surface area (Å²) >= 11 is 3.28. The maximum Gasteiger partial charge on any atom is 0.293 e. The molecular formula is C11H10BrFN2O3. The van der Waals surface area contributed by atoms with E-state index < -0.39 is 10.7 Å². The number of amides is 1. The highest BCUT2D eigenvalue weighted by atomic mass is 79.9. The van der Waals surface area contributed by atoms with Crippen molar-refractivity contribution in [3.05, 3.63) is 34.1 Å². The predicted octanol–water partition coefficient (Wildman–Crippen LogP) is 2.48. The van der Waals surface area contributed by atoms with Crippen molar-refractivity contribution in [2.24, 2.45) is 5.92 Å². The molecule has 5 nitrogen and oxygen atoms in total. The van der Waals surface area contributed by atoms with E-state index in [0.29, 0.717) is 18.3 Å². The van der Waals surface area contributed by atoms with Gasteiger partial charge >= 0.3 is 0 Å². The molecule has 0 bridgehead atoms. The van der Waals surface area contributed by atoms with Crippen molar-refractivity contribution in [3.8, 4) is 0 Å². The molecule has 0 N–H and O–H groups in total. The molecule has 1 aromatic rings. The van der Waals surface area contributed by atoms with Crippen molar-refractivity contribution < 1.29 is 14.1 Å². The number of rotatable bonds is 3. The van der Waals surface area contributed by atoms with Crippen LogP contribution in [0, 0.1) is 21.8 Å². The standard InChI is InChI=1S/C11H10BrFN2O3/c12-5-7-3-11(16)14(6-7)10-4-8(13)1-2-9(10)15(17)18/h1-2,4,7H,3,5-6H2. The average Bonchev–Trinajstić information content (AvgIpc) is 2.70. The van der Waals surface area contributed by atoms with Crippen LogP contribution in [0.25, 0.3) is 0 Å². The van der Waals surface area contributed by atoms with Gasteiger partial charge in [0.05, 0.1) is 4.92 Å². The first kappa shape index (κ1) is 12.9. The Morgan fingerprint density at radius 1 is 1.56 bits per heavy atom. The van der Waals surface area contributed by atoms with Gasteiger partial charge in [-0.2, -0.15) is 0 Å². The first-order chi connectivity index (χ1) is 8.52. The zero-order chi connectivity index (χ0) is 13.3. The summed E-state index contributed by atoms with van der Waals surface area (Å²) in [6, 6.07) is 3.14. The second kappa shape index (κ2) is 5.01. The fraction of sp³-hybridized carbons (Fsp3) is 0.364. The van der Waals surface area contributed by atoms with Gasteiger partial charge in [-0.15, -0.1) is 0 Å². The van der Waals surface area contributed by atoms with Crippen LogP contribution in [0.4, 0.5) is 15.8 Å². The first-order valence-corrected chi connectivity index (χ1v) is 6.45. The lowest BCUT2D eigenvalue weighted by Gasteiger charge is -2.16. The molecule has 0 saturated carbocycles. The average molecular weight is 317 g/mol. The number of nitrogens with zero attached hydrogens (tertiary/aromatic N) is 2. The second-order valence-corrected chi connectivity index (χ2v) is 4.77. The molecule has 1 fully saturated rings. The summed E-state index contributed by atoms with van der Waals surface area (Å²) in [7, 11) is 0. The summed E-state index contributed by atoms with van der Waals surface area (Å²) in [4.78, 5) is 23.4. The van der Waals surface area contributed by atoms with Gasteiger partial charge in [0, 0.05) is 30.4 Å². The van der Waals surface area contributed by atoms with Crippen LogP contribution in [0.3, 0.4) is 0 Å². The molecule has 1 atom stereocenters. The Morgan fingerprint density at radius 2 is 2.28 bits per heavy atom. The molecule has 1 aliphatic rings. The molecule has 1 aromatic carbocycles. The number of benzene rings is 1. The van der Waals surface area contributed by atoms with Crippen molar-refractivity contribution in [1.29, 1.82) is 0 Å². The van der Waals surface area contributed by atoms with Gasteiger partial charge in [0.2, 0.25) is 5.91 Å². The van der Waals surface area contributed by atoms with Crippen LogP contribution in [0.5, 0.6) is 0 Å². The number of hydrogen-bond acceptors (Lipinski definition) is 3. The Balaban J connectivity index is 2.41. The van der Waals surface area contributed by atoms with Crippen LogP contribution in [-0.4, -0.2) is 22.7 Å². The van der Waals surface area contributed by atoms with E-state index in [0.717, 1.165) is 18.2 Å². The van der Waals surface area contributed by atoms with Crippen molar-refractivity contribution >= 4 is 33.2 Å². The lowest BCUT2D eigenvalue weighted by molar-refractivity contribution is -0.384. The second-order valence-electron chi connectivity index (χ2n) is 4.12. The first-order valence-electron chi connectivity index (χ1n) is 5.33. The fourth-order valence-corrected chi connectivity index (χ4v) is 2.42. The van der Waals surface area contributed by atoms with E-state index in [1.807, 2.05) is 0 Å². The van der Waals surface area contributed by atoms with E-state index in [1.165, 1.54) is 4.90 Å². The Kier molecular flexibility index (Phi) is 3.60. The maximum absolute atomic E-state index is 13.2. The molecule has 1 unspecified atom stereocenters. The van der Waals surface area contributed by atoms with E-state index >= 15 is 0 Å². The van der Waals surface area contributed by atoms with Gasteiger partial charge in [0.25, 0.3) is 5.69 Å². The topological polar surface area (TPSA) is 63.5 Å². The predicted molar refractivity (Wildman–Crippen MR) is 67.3 cm³/mol. The monoisotopic (exact) mass is 316 g/mol. The van der Waals surface area contributed by atoms with E-state index in [9.17, 15) is 19.3 Å². The molecule has 2 rings (SSSR count). The number of nitro groups is 1. The molecule has 1 heterocycles. The molecule has 0 aromatic heterocycles. The van der Waals surface area contributed by atoms with Crippen LogP contribution in [0.2, 0.25) is 0 Å². The minimum absolute atomic E-state index is 0.0356. The Hall–Kier alpha value is -1.50. The zero-order valence-corrected chi connectivity index (χ0v) is 10.9. The van der Waals surface area contributed by atoms with Crippen LogP contribution in [0.15, 0.2) is 18.2 Å². The molecular weight excluding hydrogens is 307 g/mol. The van der Waals surface area contributed by atoms with Crippen LogP contribution < -0.4 is 4.90 Å². The smallest absolute Gasteiger partial charge is 0.293 e. The number of carbonyl (C=O) groups is 1. The van der Waals surface area contributed by atoms with E-state index in [2.05, 4.69) is 15.9 Å². The van der Waals surface area contributed by atoms with Gasteiger partial charge in [-0.05, 0) is 12.0 Å². The Labute approximate surface area is 111 Å². The number of halogens is 2. The van der Waals surface area contributed by atoms with Gasteiger partial charge in [0.1, 0.15) is 11.5 Å². The molecule has 96 valence electrons. The maximum atomic E-state index is 13.2. The lowest BCUT2D eigenvalue weighted by Crippen LogP contribution is -2.25. The summed E-state index contributed by atoms with van der Waals surface area (Å²) in [6.45, 7) is 0.369. The summed E-state index contributed by atoms with van der Waals surface area (Å²) < 4.78 is 13.2. The lowest BCUT2D eigenvalue weighted by atomic mass is 10.2. The summed E-state index contributed by atoms with van der Waals surface area (Å²) in [5, 5.41) is 11.5. The van der Waals surface area contributed by atoms with Crippen molar-refractivity contribution in [3.63, 3.8) is 0 Å². The van der Waals surface area contributed by atoms with E-state index in [-0.39, 0.29) is 23.2 Å². The van der Waals surface area contributed by atoms with Crippen LogP contribution in [0.1, 0.15) is 6.42 Å². The normalized spacial score (nSPS) is 19.3. The van der Waals surface area contributed by atoms with Crippen molar-refractivity contribution in [2.45, 2.75) is 6.42 Å². The molecule has 1 amide bonds. The van der Waals surface area contributed by atoms with Crippen molar-refractivity contribution in [2.75, 3.05) is 16.8 Å². The van der Waals surface area contributed by atoms with E-state index in [4.69, 9.17) is 0 Å². The highest BCUT2D eigenvalue weighted by Gasteiger charge is 2.33. The molecule has 1 aliphatic heterocycles. The highest BCUT2D eigenvalue weighted by Crippen LogP contribution is 2.33. The fourth-order valence-electron chi connectivity index (χ4n) is 1.98. The SMILES string of the molecule is O=C1CC(CBr)CN1c1cc(F)ccc1[N+](=O)[O-]. The third kappa shape index (κ3) is 2.35. The molecule has 0 spiro atoms. The quantitative estimate of drug-likeness (QED) is 0.489. The van der Waals surface area contributed by atoms with Gasteiger partial charge < -0.3 is 4.90 Å². The zero-order valence-electron chi connectivity index (χ0n) is 9.31. The van der Waals surface area contributed by atoms with Crippen LogP contribution in [-0.2, 0) is 4.79 Å². The number of alkyl halides is 1. The molecule has 18 heavy (non-hydrogen) atoms. The number of anilines is 1. The number of hydrogen-bond donors (Lipinski definition) is 0. The van der Waals surface area contributed by atoms with Crippen molar-refractivity contribution in [1.82, 2.24) is 0 Å². The third-order valence-corrected chi connectivity index (χ3v) is 3.76. The summed E-state index contributed by atoms with van der Waals surface area (Å²) in [6.07, 6.45) is 0.318. The minimum atomic E-state index is -0.608. The molecule has 7 heteroatoms.